The van der Waals surface area contributed by atoms with Crippen molar-refractivity contribution in [2.75, 3.05) is 19.6 Å². The highest BCUT2D eigenvalue weighted by atomic mass is 15.4. The van der Waals surface area contributed by atoms with Crippen LogP contribution in [0, 0.1) is 26.7 Å². The Morgan fingerprint density at radius 2 is 1.70 bits per heavy atom. The van der Waals surface area contributed by atoms with E-state index in [4.69, 9.17) is 10.2 Å². The van der Waals surface area contributed by atoms with E-state index in [9.17, 15) is 0 Å². The van der Waals surface area contributed by atoms with Crippen LogP contribution in [0.5, 0.6) is 0 Å². The molecular weight excluding hydrogens is 410 g/mol. The van der Waals surface area contributed by atoms with Crippen LogP contribution >= 0.6 is 0 Å². The van der Waals surface area contributed by atoms with Crippen molar-refractivity contribution in [2.24, 2.45) is 5.92 Å². The monoisotopic (exact) mass is 443 g/mol. The zero-order valence-electron chi connectivity index (χ0n) is 19.9. The zero-order valence-corrected chi connectivity index (χ0v) is 19.9. The lowest BCUT2D eigenvalue weighted by Gasteiger charge is -2.32. The number of hydrogen-bond donors (Lipinski definition) is 0. The summed E-state index contributed by atoms with van der Waals surface area (Å²) in [5, 5.41) is 17.7. The van der Waals surface area contributed by atoms with Crippen molar-refractivity contribution >= 4 is 5.65 Å². The second-order valence-corrected chi connectivity index (χ2v) is 9.35. The summed E-state index contributed by atoms with van der Waals surface area (Å²) in [4.78, 5) is 2.64. The van der Waals surface area contributed by atoms with E-state index in [1.54, 1.807) is 4.52 Å². The molecule has 172 valence electrons. The molecule has 7 heteroatoms. The Labute approximate surface area is 195 Å². The molecule has 0 spiro atoms. The molecule has 1 aromatic carbocycles. The van der Waals surface area contributed by atoms with Crippen molar-refractivity contribution in [3.8, 4) is 5.82 Å². The smallest absolute Gasteiger partial charge is 0.178 e. The van der Waals surface area contributed by atoms with Crippen LogP contribution < -0.4 is 0 Å². The third-order valence-corrected chi connectivity index (χ3v) is 7.04. The molecule has 33 heavy (non-hydrogen) atoms. The molecule has 0 radical (unpaired) electrons. The highest BCUT2D eigenvalue weighted by molar-refractivity contribution is 5.40. The van der Waals surface area contributed by atoms with Crippen LogP contribution in [-0.4, -0.2) is 54.1 Å². The number of hydrogen-bond acceptors (Lipinski definition) is 5. The van der Waals surface area contributed by atoms with Gasteiger partial charge >= 0.3 is 0 Å². The van der Waals surface area contributed by atoms with E-state index in [2.05, 4.69) is 59.3 Å². The van der Waals surface area contributed by atoms with E-state index in [0.29, 0.717) is 0 Å². The van der Waals surface area contributed by atoms with Gasteiger partial charge in [0.25, 0.3) is 0 Å². The largest absolute Gasteiger partial charge is 0.303 e. The molecule has 0 saturated carbocycles. The average molecular weight is 444 g/mol. The van der Waals surface area contributed by atoms with Crippen molar-refractivity contribution in [2.45, 2.75) is 52.9 Å². The van der Waals surface area contributed by atoms with Gasteiger partial charge in [-0.15, -0.1) is 15.3 Å². The van der Waals surface area contributed by atoms with Gasteiger partial charge < -0.3 is 4.90 Å². The first-order valence-corrected chi connectivity index (χ1v) is 12.1. The molecule has 7 nitrogen and oxygen atoms in total. The molecule has 0 aliphatic carbocycles. The van der Waals surface area contributed by atoms with Gasteiger partial charge in [0.05, 0.1) is 5.69 Å². The van der Waals surface area contributed by atoms with Crippen molar-refractivity contribution in [1.82, 2.24) is 34.5 Å². The van der Waals surface area contributed by atoms with Gasteiger partial charge in [-0.1, -0.05) is 30.3 Å². The minimum Gasteiger partial charge on any atom is -0.303 e. The standard InChI is InChI=1S/C26H33N7/c1-19-24(20(2)32(29-19)26-12-11-25-28-27-21(3)33(25)30-26)10-7-15-31-16-13-23(14-17-31)18-22-8-5-4-6-9-22/h4-6,8-9,11-12,23H,7,10,13-18H2,1-3H3. The number of likely N-dealkylation sites (tertiary alicyclic amines) is 1. The summed E-state index contributed by atoms with van der Waals surface area (Å²) < 4.78 is 3.73. The fourth-order valence-corrected chi connectivity index (χ4v) is 5.10. The van der Waals surface area contributed by atoms with Crippen LogP contribution in [-0.2, 0) is 12.8 Å². The molecule has 0 unspecified atom stereocenters. The number of aromatic nitrogens is 6. The van der Waals surface area contributed by atoms with E-state index < -0.39 is 0 Å². The highest BCUT2D eigenvalue weighted by Crippen LogP contribution is 2.23. The van der Waals surface area contributed by atoms with Crippen LogP contribution in [0.2, 0.25) is 0 Å². The van der Waals surface area contributed by atoms with Gasteiger partial charge in [0.1, 0.15) is 0 Å². The summed E-state index contributed by atoms with van der Waals surface area (Å²) in [5.74, 6) is 2.41. The van der Waals surface area contributed by atoms with Crippen molar-refractivity contribution in [3.63, 3.8) is 0 Å². The molecule has 1 aliphatic heterocycles. The summed E-state index contributed by atoms with van der Waals surface area (Å²) in [6.07, 6.45) is 6.05. The first-order valence-electron chi connectivity index (χ1n) is 12.1. The average Bonchev–Trinajstić information content (AvgIpc) is 3.34. The Hall–Kier alpha value is -3.06. The Balaban J connectivity index is 1.16. The number of nitrogens with zero attached hydrogens (tertiary/aromatic N) is 7. The van der Waals surface area contributed by atoms with Crippen molar-refractivity contribution in [1.29, 1.82) is 0 Å². The molecule has 4 aromatic rings. The minimum atomic E-state index is 0.755. The van der Waals surface area contributed by atoms with Crippen LogP contribution in [0.15, 0.2) is 42.5 Å². The molecule has 5 rings (SSSR count). The zero-order chi connectivity index (χ0) is 22.8. The van der Waals surface area contributed by atoms with Gasteiger partial charge in [-0.2, -0.15) is 9.61 Å². The van der Waals surface area contributed by atoms with E-state index in [0.717, 1.165) is 48.3 Å². The fourth-order valence-electron chi connectivity index (χ4n) is 5.10. The molecule has 0 N–H and O–H groups in total. The molecule has 1 aliphatic rings. The molecule has 4 heterocycles. The van der Waals surface area contributed by atoms with Gasteiger partial charge in [0.15, 0.2) is 17.3 Å². The Bertz CT molecular complexity index is 1220. The van der Waals surface area contributed by atoms with Crippen molar-refractivity contribution < 1.29 is 0 Å². The van der Waals surface area contributed by atoms with Gasteiger partial charge in [0.2, 0.25) is 0 Å². The van der Waals surface area contributed by atoms with Crippen LogP contribution in [0.3, 0.4) is 0 Å². The third kappa shape index (κ3) is 4.69. The summed E-state index contributed by atoms with van der Waals surface area (Å²) in [7, 11) is 0. The van der Waals surface area contributed by atoms with Crippen LogP contribution in [0.4, 0.5) is 0 Å². The maximum atomic E-state index is 4.80. The predicted molar refractivity (Wildman–Crippen MR) is 130 cm³/mol. The fraction of sp³-hybridized carbons (Fsp3) is 0.462. The highest BCUT2D eigenvalue weighted by Gasteiger charge is 2.20. The Morgan fingerprint density at radius 3 is 2.48 bits per heavy atom. The third-order valence-electron chi connectivity index (χ3n) is 7.04. The quantitative estimate of drug-likeness (QED) is 0.430. The lowest BCUT2D eigenvalue weighted by molar-refractivity contribution is 0.182. The van der Waals surface area contributed by atoms with E-state index in [-0.39, 0.29) is 0 Å². The number of benzene rings is 1. The molecule has 1 fully saturated rings. The lowest BCUT2D eigenvalue weighted by Crippen LogP contribution is -2.35. The summed E-state index contributed by atoms with van der Waals surface area (Å²) in [6.45, 7) is 9.76. The predicted octanol–water partition coefficient (Wildman–Crippen LogP) is 4.12. The van der Waals surface area contributed by atoms with Gasteiger partial charge in [-0.25, -0.2) is 4.68 Å². The molecular formula is C26H33N7. The van der Waals surface area contributed by atoms with E-state index in [1.165, 1.54) is 49.2 Å². The van der Waals surface area contributed by atoms with Crippen LogP contribution in [0.1, 0.15) is 47.6 Å². The topological polar surface area (TPSA) is 64.1 Å². The minimum absolute atomic E-state index is 0.755. The van der Waals surface area contributed by atoms with Crippen molar-refractivity contribution in [3.05, 3.63) is 70.8 Å². The summed E-state index contributed by atoms with van der Waals surface area (Å²) in [5.41, 5.74) is 5.84. The molecule has 1 saturated heterocycles. The van der Waals surface area contributed by atoms with Gasteiger partial charge in [0, 0.05) is 5.69 Å². The van der Waals surface area contributed by atoms with Gasteiger partial charge in [-0.3, -0.25) is 0 Å². The number of rotatable bonds is 7. The summed E-state index contributed by atoms with van der Waals surface area (Å²) >= 11 is 0. The maximum absolute atomic E-state index is 4.80. The Kier molecular flexibility index (Phi) is 6.22. The number of piperidine rings is 1. The summed E-state index contributed by atoms with van der Waals surface area (Å²) in [6, 6.07) is 14.8. The maximum Gasteiger partial charge on any atom is 0.178 e. The Morgan fingerprint density at radius 1 is 0.909 bits per heavy atom. The lowest BCUT2D eigenvalue weighted by atomic mass is 9.90. The normalized spacial score (nSPS) is 15.5. The first-order chi connectivity index (χ1) is 16.1. The van der Waals surface area contributed by atoms with Gasteiger partial charge in [-0.05, 0) is 102 Å². The SMILES string of the molecule is Cc1nn(-c2ccc3nnc(C)n3n2)c(C)c1CCCN1CCC(Cc2ccccc2)CC1. The first kappa shape index (κ1) is 21.8. The molecule has 3 aromatic heterocycles. The second-order valence-electron chi connectivity index (χ2n) is 9.35. The molecule has 0 bridgehead atoms. The molecule has 0 atom stereocenters. The molecule has 0 amide bonds. The second kappa shape index (κ2) is 9.43. The number of aryl methyl sites for hydroxylation is 2. The van der Waals surface area contributed by atoms with E-state index >= 15 is 0 Å². The van der Waals surface area contributed by atoms with Crippen LogP contribution in [0.25, 0.3) is 11.5 Å². The number of fused-ring (bicyclic) bond motifs is 1. The van der Waals surface area contributed by atoms with E-state index in [1.807, 2.05) is 23.7 Å².